The van der Waals surface area contributed by atoms with E-state index in [9.17, 15) is 0 Å². The van der Waals surface area contributed by atoms with Crippen LogP contribution in [0, 0.1) is 0 Å². The lowest BCUT2D eigenvalue weighted by Gasteiger charge is -2.08. The topological polar surface area (TPSA) is 26.0 Å². The number of halogens is 1. The molecule has 0 saturated carbocycles. The Morgan fingerprint density at radius 3 is 2.65 bits per heavy atom. The van der Waals surface area contributed by atoms with Crippen LogP contribution in [0.3, 0.4) is 0 Å². The van der Waals surface area contributed by atoms with E-state index in [1.807, 2.05) is 0 Å². The third kappa shape index (κ3) is 2.24. The smallest absolute Gasteiger partial charge is 0.0574 e. The molecule has 0 radical (unpaired) electrons. The van der Waals surface area contributed by atoms with Crippen LogP contribution in [0.15, 0.2) is 46.5 Å². The van der Waals surface area contributed by atoms with E-state index < -0.39 is 0 Å². The van der Waals surface area contributed by atoms with Crippen molar-refractivity contribution in [2.24, 2.45) is 5.73 Å². The van der Waals surface area contributed by atoms with Crippen molar-refractivity contribution in [3.8, 4) is 0 Å². The molecule has 0 fully saturated rings. The Hall–Kier alpha value is -0.870. The lowest BCUT2D eigenvalue weighted by atomic mass is 10.0. The molecular weight excluding hydrogens is 270 g/mol. The van der Waals surface area contributed by atoms with Gasteiger partial charge in [0.05, 0.1) is 6.04 Å². The van der Waals surface area contributed by atoms with Crippen LogP contribution in [0.4, 0.5) is 0 Å². The molecule has 1 atom stereocenters. The Kier molecular flexibility index (Phi) is 3.84. The van der Waals surface area contributed by atoms with Crippen LogP contribution in [0.2, 0.25) is 0 Å². The lowest BCUT2D eigenvalue weighted by Crippen LogP contribution is -2.09. The van der Waals surface area contributed by atoms with Gasteiger partial charge in [0, 0.05) is 4.70 Å². The summed E-state index contributed by atoms with van der Waals surface area (Å²) in [6.45, 7) is 0. The van der Waals surface area contributed by atoms with Crippen LogP contribution in [0.5, 0.6) is 0 Å². The van der Waals surface area contributed by atoms with Gasteiger partial charge < -0.3 is 5.73 Å². The second-order valence-corrected chi connectivity index (χ2v) is 5.41. The maximum absolute atomic E-state index is 6.28. The first-order valence-corrected chi connectivity index (χ1v) is 6.92. The predicted molar refractivity (Wildman–Crippen MR) is 79.4 cm³/mol. The van der Waals surface area contributed by atoms with Gasteiger partial charge in [-0.15, -0.1) is 23.7 Å². The number of benzene rings is 1. The van der Waals surface area contributed by atoms with Crippen molar-refractivity contribution in [3.63, 3.8) is 0 Å². The van der Waals surface area contributed by atoms with Gasteiger partial charge in [0.2, 0.25) is 0 Å². The first kappa shape index (κ1) is 12.6. The zero-order valence-corrected chi connectivity index (χ0v) is 11.4. The minimum absolute atomic E-state index is 0. The van der Waals surface area contributed by atoms with Crippen molar-refractivity contribution in [3.05, 3.63) is 57.6 Å². The monoisotopic (exact) mass is 281 g/mol. The maximum Gasteiger partial charge on any atom is 0.0574 e. The molecular formula is C13H12ClNS2. The van der Waals surface area contributed by atoms with E-state index in [1.54, 1.807) is 22.7 Å². The van der Waals surface area contributed by atoms with E-state index in [2.05, 4.69) is 46.5 Å². The van der Waals surface area contributed by atoms with Crippen LogP contribution in [0.1, 0.15) is 17.2 Å². The average Bonchev–Trinajstić information content (AvgIpc) is 2.98. The van der Waals surface area contributed by atoms with Gasteiger partial charge in [0.25, 0.3) is 0 Å². The fraction of sp³-hybridized carbons (Fsp3) is 0.0769. The number of hydrogen-bond donors (Lipinski definition) is 1. The zero-order valence-electron chi connectivity index (χ0n) is 9.00. The largest absolute Gasteiger partial charge is 0.320 e. The molecule has 3 rings (SSSR count). The molecule has 17 heavy (non-hydrogen) atoms. The summed E-state index contributed by atoms with van der Waals surface area (Å²) in [6.07, 6.45) is 0. The van der Waals surface area contributed by atoms with Crippen molar-refractivity contribution >= 4 is 45.2 Å². The summed E-state index contributed by atoms with van der Waals surface area (Å²) < 4.78 is 1.31. The first-order chi connectivity index (χ1) is 7.86. The Bertz CT molecular complexity index is 601. The van der Waals surface area contributed by atoms with Gasteiger partial charge in [-0.3, -0.25) is 0 Å². The van der Waals surface area contributed by atoms with Crippen LogP contribution in [-0.4, -0.2) is 0 Å². The zero-order chi connectivity index (χ0) is 11.0. The molecule has 4 heteroatoms. The van der Waals surface area contributed by atoms with Gasteiger partial charge in [-0.2, -0.15) is 11.3 Å². The highest BCUT2D eigenvalue weighted by atomic mass is 35.5. The summed E-state index contributed by atoms with van der Waals surface area (Å²) in [5, 5.41) is 7.65. The van der Waals surface area contributed by atoms with Crippen molar-refractivity contribution in [1.82, 2.24) is 0 Å². The summed E-state index contributed by atoms with van der Waals surface area (Å²) >= 11 is 3.46. The minimum atomic E-state index is 0. The molecule has 0 aliphatic carbocycles. The Morgan fingerprint density at radius 2 is 1.88 bits per heavy atom. The lowest BCUT2D eigenvalue weighted by molar-refractivity contribution is 0.890. The molecule has 0 saturated heterocycles. The molecule has 2 N–H and O–H groups in total. The number of hydrogen-bond acceptors (Lipinski definition) is 3. The standard InChI is InChI=1S/C13H11NS2.ClH/c14-13(9-5-6-15-7-9)11-8-16-12-4-2-1-3-10(11)12;/h1-8,13H,14H2;1H/t13-;/m1./s1. The van der Waals surface area contributed by atoms with Crippen molar-refractivity contribution < 1.29 is 0 Å². The Balaban J connectivity index is 0.00000108. The van der Waals surface area contributed by atoms with Crippen molar-refractivity contribution in [1.29, 1.82) is 0 Å². The van der Waals surface area contributed by atoms with Gasteiger partial charge in [0.15, 0.2) is 0 Å². The number of fused-ring (bicyclic) bond motifs is 1. The Labute approximate surface area is 114 Å². The molecule has 1 aromatic carbocycles. The van der Waals surface area contributed by atoms with E-state index in [0.29, 0.717) is 0 Å². The van der Waals surface area contributed by atoms with Crippen LogP contribution in [-0.2, 0) is 0 Å². The van der Waals surface area contributed by atoms with Crippen molar-refractivity contribution in [2.75, 3.05) is 0 Å². The summed E-state index contributed by atoms with van der Waals surface area (Å²) in [7, 11) is 0. The third-order valence-electron chi connectivity index (χ3n) is 2.75. The molecule has 88 valence electrons. The molecule has 3 aromatic rings. The predicted octanol–water partition coefficient (Wildman–Crippen LogP) is 4.43. The van der Waals surface area contributed by atoms with Crippen molar-refractivity contribution in [2.45, 2.75) is 6.04 Å². The third-order valence-corrected chi connectivity index (χ3v) is 4.43. The molecule has 0 amide bonds. The normalized spacial score (nSPS) is 12.3. The molecule has 0 bridgehead atoms. The number of thiophene rings is 2. The van der Waals surface area contributed by atoms with Gasteiger partial charge in [-0.25, -0.2) is 0 Å². The molecule has 0 spiro atoms. The summed E-state index contributed by atoms with van der Waals surface area (Å²) in [5.74, 6) is 0. The van der Waals surface area contributed by atoms with Gasteiger partial charge in [0.1, 0.15) is 0 Å². The maximum atomic E-state index is 6.28. The fourth-order valence-electron chi connectivity index (χ4n) is 1.87. The van der Waals surface area contributed by atoms with Crippen LogP contribution < -0.4 is 5.73 Å². The SMILES string of the molecule is Cl.N[C@H](c1ccsc1)c1csc2ccccc12. The molecule has 2 aromatic heterocycles. The minimum Gasteiger partial charge on any atom is -0.320 e. The van der Waals surface area contributed by atoms with E-state index >= 15 is 0 Å². The highest BCUT2D eigenvalue weighted by Crippen LogP contribution is 2.32. The molecule has 2 heterocycles. The first-order valence-electron chi connectivity index (χ1n) is 5.10. The highest BCUT2D eigenvalue weighted by molar-refractivity contribution is 7.17. The highest BCUT2D eigenvalue weighted by Gasteiger charge is 2.13. The fourth-order valence-corrected chi connectivity index (χ4v) is 3.56. The molecule has 1 nitrogen and oxygen atoms in total. The summed E-state index contributed by atoms with van der Waals surface area (Å²) in [6, 6.07) is 10.5. The van der Waals surface area contributed by atoms with Gasteiger partial charge >= 0.3 is 0 Å². The Morgan fingerprint density at radius 1 is 1.06 bits per heavy atom. The van der Waals surface area contributed by atoms with E-state index in [0.717, 1.165) is 0 Å². The van der Waals surface area contributed by atoms with E-state index in [1.165, 1.54) is 21.2 Å². The van der Waals surface area contributed by atoms with Crippen LogP contribution >= 0.6 is 35.1 Å². The number of rotatable bonds is 2. The van der Waals surface area contributed by atoms with Crippen LogP contribution in [0.25, 0.3) is 10.1 Å². The summed E-state index contributed by atoms with van der Waals surface area (Å²) in [5.41, 5.74) is 8.72. The second kappa shape index (κ2) is 5.19. The van der Waals surface area contributed by atoms with Gasteiger partial charge in [-0.05, 0) is 44.8 Å². The van der Waals surface area contributed by atoms with E-state index in [4.69, 9.17) is 5.73 Å². The van der Waals surface area contributed by atoms with Gasteiger partial charge in [-0.1, -0.05) is 18.2 Å². The molecule has 0 unspecified atom stereocenters. The average molecular weight is 282 g/mol. The number of nitrogens with two attached hydrogens (primary N) is 1. The summed E-state index contributed by atoms with van der Waals surface area (Å²) in [4.78, 5) is 0. The van der Waals surface area contributed by atoms with E-state index in [-0.39, 0.29) is 18.4 Å². The molecule has 0 aliphatic heterocycles. The quantitative estimate of drug-likeness (QED) is 0.739. The molecule has 0 aliphatic rings. The second-order valence-electron chi connectivity index (χ2n) is 3.72.